The maximum absolute atomic E-state index is 12.3. The van der Waals surface area contributed by atoms with Crippen LogP contribution in [0, 0.1) is 5.92 Å². The Morgan fingerprint density at radius 3 is 2.35 bits per heavy atom. The molecule has 0 fully saturated rings. The third kappa shape index (κ3) is 5.91. The number of hydrogen-bond acceptors (Lipinski definition) is 4. The van der Waals surface area contributed by atoms with Crippen molar-refractivity contribution in [3.8, 4) is 0 Å². The van der Waals surface area contributed by atoms with Gasteiger partial charge in [0, 0.05) is 23.5 Å². The summed E-state index contributed by atoms with van der Waals surface area (Å²) < 4.78 is 27.7. The van der Waals surface area contributed by atoms with Gasteiger partial charge in [0.15, 0.2) is 0 Å². The molecule has 0 spiro atoms. The highest BCUT2D eigenvalue weighted by molar-refractivity contribution is 7.91. The molecule has 6 heteroatoms. The Morgan fingerprint density at radius 2 is 1.80 bits per heavy atom. The lowest BCUT2D eigenvalue weighted by atomic mass is 10.1. The van der Waals surface area contributed by atoms with Gasteiger partial charge in [-0.1, -0.05) is 27.7 Å². The molecule has 0 saturated carbocycles. The zero-order chi connectivity index (χ0) is 15.3. The van der Waals surface area contributed by atoms with Gasteiger partial charge in [0.1, 0.15) is 4.21 Å². The van der Waals surface area contributed by atoms with Gasteiger partial charge in [-0.05, 0) is 31.4 Å². The first-order valence-corrected chi connectivity index (χ1v) is 9.35. The molecule has 1 heterocycles. The molecule has 0 aliphatic rings. The minimum atomic E-state index is -3.38. The Balaban J connectivity index is 2.68. The zero-order valence-corrected chi connectivity index (χ0v) is 14.6. The largest absolute Gasteiger partial charge is 0.310 e. The van der Waals surface area contributed by atoms with Gasteiger partial charge in [0.25, 0.3) is 0 Å². The van der Waals surface area contributed by atoms with E-state index in [9.17, 15) is 8.42 Å². The summed E-state index contributed by atoms with van der Waals surface area (Å²) in [5.41, 5.74) is 0. The molecule has 0 aromatic carbocycles. The number of nitrogens with one attached hydrogen (secondary N) is 2. The number of sulfonamides is 1. The van der Waals surface area contributed by atoms with Crippen molar-refractivity contribution in [3.63, 3.8) is 0 Å². The standard InChI is InChI=1S/C14H26N2O2S2/c1-10(2)8-12(5)16-20(17,18)14-7-6-13(19-14)9-15-11(3)4/h6-7,10-12,15-16H,8-9H2,1-5H3. The zero-order valence-electron chi connectivity index (χ0n) is 12.9. The molecule has 0 bridgehead atoms. The maximum Gasteiger partial charge on any atom is 0.250 e. The lowest BCUT2D eigenvalue weighted by Crippen LogP contribution is -2.33. The molecular weight excluding hydrogens is 292 g/mol. The minimum absolute atomic E-state index is 0.0423. The fourth-order valence-corrected chi connectivity index (χ4v) is 4.56. The van der Waals surface area contributed by atoms with Crippen LogP contribution in [0.4, 0.5) is 0 Å². The van der Waals surface area contributed by atoms with Gasteiger partial charge in [-0.2, -0.15) is 0 Å². The van der Waals surface area contributed by atoms with E-state index in [-0.39, 0.29) is 6.04 Å². The molecule has 1 aromatic heterocycles. The normalized spacial score (nSPS) is 14.2. The molecular formula is C14H26N2O2S2. The van der Waals surface area contributed by atoms with E-state index in [0.29, 0.717) is 22.7 Å². The summed E-state index contributed by atoms with van der Waals surface area (Å²) in [6.07, 6.45) is 0.840. The third-order valence-corrected chi connectivity index (χ3v) is 5.93. The van der Waals surface area contributed by atoms with Crippen LogP contribution in [0.25, 0.3) is 0 Å². The van der Waals surface area contributed by atoms with E-state index in [1.807, 2.05) is 13.0 Å². The van der Waals surface area contributed by atoms with Crippen LogP contribution in [0.1, 0.15) is 45.9 Å². The first-order chi connectivity index (χ1) is 9.20. The van der Waals surface area contributed by atoms with E-state index >= 15 is 0 Å². The molecule has 116 valence electrons. The smallest absolute Gasteiger partial charge is 0.250 e. The summed E-state index contributed by atoms with van der Waals surface area (Å²) in [7, 11) is -3.38. The van der Waals surface area contributed by atoms with Crippen molar-refractivity contribution >= 4 is 21.4 Å². The second-order valence-electron chi connectivity index (χ2n) is 5.91. The van der Waals surface area contributed by atoms with Crippen molar-refractivity contribution < 1.29 is 8.42 Å². The Labute approximate surface area is 127 Å². The summed E-state index contributed by atoms with van der Waals surface area (Å²) in [5, 5.41) is 3.29. The van der Waals surface area contributed by atoms with Crippen LogP contribution in [0.5, 0.6) is 0 Å². The molecule has 0 aliphatic heterocycles. The summed E-state index contributed by atoms with van der Waals surface area (Å²) >= 11 is 1.33. The first-order valence-electron chi connectivity index (χ1n) is 7.05. The minimum Gasteiger partial charge on any atom is -0.310 e. The van der Waals surface area contributed by atoms with Gasteiger partial charge in [0.05, 0.1) is 0 Å². The Bertz CT molecular complexity index is 507. The molecule has 1 atom stereocenters. The van der Waals surface area contributed by atoms with Gasteiger partial charge < -0.3 is 5.32 Å². The molecule has 0 saturated heterocycles. The van der Waals surface area contributed by atoms with E-state index in [1.165, 1.54) is 11.3 Å². The van der Waals surface area contributed by atoms with Crippen LogP contribution in [0.2, 0.25) is 0 Å². The molecule has 1 aromatic rings. The summed E-state index contributed by atoms with van der Waals surface area (Å²) in [5.74, 6) is 0.474. The van der Waals surface area contributed by atoms with Gasteiger partial charge in [-0.25, -0.2) is 13.1 Å². The number of hydrogen-bond donors (Lipinski definition) is 2. The lowest BCUT2D eigenvalue weighted by Gasteiger charge is -2.15. The molecule has 0 amide bonds. The molecule has 2 N–H and O–H groups in total. The first kappa shape index (κ1) is 17.6. The van der Waals surface area contributed by atoms with Crippen LogP contribution in [0.3, 0.4) is 0 Å². The van der Waals surface area contributed by atoms with E-state index < -0.39 is 10.0 Å². The highest BCUT2D eigenvalue weighted by Gasteiger charge is 2.20. The molecule has 4 nitrogen and oxygen atoms in total. The summed E-state index contributed by atoms with van der Waals surface area (Å²) in [6.45, 7) is 10.9. The van der Waals surface area contributed by atoms with Crippen molar-refractivity contribution in [1.82, 2.24) is 10.0 Å². The average molecular weight is 319 g/mol. The van der Waals surface area contributed by atoms with Crippen LogP contribution in [0.15, 0.2) is 16.3 Å². The van der Waals surface area contributed by atoms with Crippen LogP contribution >= 0.6 is 11.3 Å². The topological polar surface area (TPSA) is 58.2 Å². The second kappa shape index (κ2) is 7.54. The van der Waals surface area contributed by atoms with Crippen LogP contribution in [-0.4, -0.2) is 20.5 Å². The predicted octanol–water partition coefficient (Wildman–Crippen LogP) is 2.96. The third-order valence-electron chi connectivity index (χ3n) is 2.77. The fraction of sp³-hybridized carbons (Fsp3) is 0.714. The Hall–Kier alpha value is -0.430. The van der Waals surface area contributed by atoms with Crippen molar-refractivity contribution in [2.75, 3.05) is 0 Å². The van der Waals surface area contributed by atoms with E-state index in [4.69, 9.17) is 0 Å². The van der Waals surface area contributed by atoms with Gasteiger partial charge in [-0.15, -0.1) is 11.3 Å². The van der Waals surface area contributed by atoms with Crippen LogP contribution < -0.4 is 10.0 Å². The monoisotopic (exact) mass is 318 g/mol. The Kier molecular flexibility index (Phi) is 6.64. The number of thiophene rings is 1. The second-order valence-corrected chi connectivity index (χ2v) is 9.02. The van der Waals surface area contributed by atoms with E-state index in [2.05, 4.69) is 37.7 Å². The molecule has 1 unspecified atom stereocenters. The quantitative estimate of drug-likeness (QED) is 0.775. The molecule has 0 radical (unpaired) electrons. The SMILES string of the molecule is CC(C)CC(C)NS(=O)(=O)c1ccc(CNC(C)C)s1. The van der Waals surface area contributed by atoms with Crippen molar-refractivity contribution in [2.45, 2.75) is 63.9 Å². The molecule has 0 aliphatic carbocycles. The summed E-state index contributed by atoms with van der Waals surface area (Å²) in [4.78, 5) is 1.04. The van der Waals surface area contributed by atoms with Crippen molar-refractivity contribution in [2.24, 2.45) is 5.92 Å². The van der Waals surface area contributed by atoms with Crippen molar-refractivity contribution in [1.29, 1.82) is 0 Å². The molecule has 1 rings (SSSR count). The predicted molar refractivity (Wildman–Crippen MR) is 85.5 cm³/mol. The highest BCUT2D eigenvalue weighted by Crippen LogP contribution is 2.22. The van der Waals surface area contributed by atoms with Gasteiger partial charge in [-0.3, -0.25) is 0 Å². The fourth-order valence-electron chi connectivity index (χ4n) is 1.98. The van der Waals surface area contributed by atoms with Crippen molar-refractivity contribution in [3.05, 3.63) is 17.0 Å². The lowest BCUT2D eigenvalue weighted by molar-refractivity contribution is 0.483. The summed E-state index contributed by atoms with van der Waals surface area (Å²) in [6, 6.07) is 3.91. The highest BCUT2D eigenvalue weighted by atomic mass is 32.2. The molecule has 20 heavy (non-hydrogen) atoms. The average Bonchev–Trinajstić information content (AvgIpc) is 2.73. The number of rotatable bonds is 8. The van der Waals surface area contributed by atoms with Gasteiger partial charge in [0.2, 0.25) is 10.0 Å². The maximum atomic E-state index is 12.3. The van der Waals surface area contributed by atoms with E-state index in [0.717, 1.165) is 11.3 Å². The van der Waals surface area contributed by atoms with Crippen LogP contribution in [-0.2, 0) is 16.6 Å². The van der Waals surface area contributed by atoms with E-state index in [1.54, 1.807) is 6.07 Å². The Morgan fingerprint density at radius 1 is 1.15 bits per heavy atom. The van der Waals surface area contributed by atoms with Gasteiger partial charge >= 0.3 is 0 Å².